The first kappa shape index (κ1) is 12.0. The number of alkyl halides is 3. The van der Waals surface area contributed by atoms with Gasteiger partial charge in [0.2, 0.25) is 0 Å². The molecule has 0 bridgehead atoms. The topological polar surface area (TPSA) is 46.2 Å². The smallest absolute Gasteiger partial charge is 0.396 e. The van der Waals surface area contributed by atoms with Crippen molar-refractivity contribution >= 4 is 0 Å². The minimum Gasteiger partial charge on any atom is -0.396 e. The summed E-state index contributed by atoms with van der Waals surface area (Å²) in [5.41, 5.74) is 5.26. The lowest BCUT2D eigenvalue weighted by molar-refractivity contribution is -0.137. The molecular weight excluding hydrogens is 207 g/mol. The van der Waals surface area contributed by atoms with Crippen molar-refractivity contribution in [1.82, 2.24) is 0 Å². The summed E-state index contributed by atoms with van der Waals surface area (Å²) in [5, 5.41) is 8.62. The Hall–Kier alpha value is -1.07. The Bertz CT molecular complexity index is 325. The number of hydrogen-bond donors (Lipinski definition) is 2. The van der Waals surface area contributed by atoms with E-state index in [1.807, 2.05) is 0 Å². The van der Waals surface area contributed by atoms with Gasteiger partial charge in [-0.25, -0.2) is 0 Å². The van der Waals surface area contributed by atoms with Crippen LogP contribution in [-0.4, -0.2) is 11.7 Å². The van der Waals surface area contributed by atoms with Gasteiger partial charge < -0.3 is 10.8 Å². The summed E-state index contributed by atoms with van der Waals surface area (Å²) in [6.07, 6.45) is -4.10. The summed E-state index contributed by atoms with van der Waals surface area (Å²) in [6, 6.07) is 4.29. The van der Waals surface area contributed by atoms with Crippen LogP contribution >= 0.6 is 0 Å². The molecule has 0 heterocycles. The Kier molecular flexibility index (Phi) is 3.71. The van der Waals surface area contributed by atoms with Crippen LogP contribution in [0.1, 0.15) is 23.6 Å². The number of aliphatic hydroxyl groups is 1. The molecule has 1 rings (SSSR count). The summed E-state index contributed by atoms with van der Waals surface area (Å²) in [5.74, 6) is 0. The third kappa shape index (κ3) is 3.21. The molecule has 0 saturated heterocycles. The molecule has 0 spiro atoms. The maximum atomic E-state index is 12.3. The first-order valence-corrected chi connectivity index (χ1v) is 4.48. The van der Waals surface area contributed by atoms with Crippen LogP contribution in [0.2, 0.25) is 0 Å². The van der Waals surface area contributed by atoms with Crippen LogP contribution in [-0.2, 0) is 6.18 Å². The molecule has 84 valence electrons. The van der Waals surface area contributed by atoms with Crippen molar-refractivity contribution in [3.8, 4) is 0 Å². The molecule has 0 unspecified atom stereocenters. The van der Waals surface area contributed by atoms with Crippen LogP contribution in [0.5, 0.6) is 0 Å². The van der Waals surface area contributed by atoms with Crippen molar-refractivity contribution in [2.45, 2.75) is 18.6 Å². The van der Waals surface area contributed by atoms with Crippen LogP contribution in [0.3, 0.4) is 0 Å². The van der Waals surface area contributed by atoms with Gasteiger partial charge in [-0.1, -0.05) is 12.1 Å². The van der Waals surface area contributed by atoms with Gasteiger partial charge in [0, 0.05) is 12.6 Å². The maximum absolute atomic E-state index is 12.3. The lowest BCUT2D eigenvalue weighted by Crippen LogP contribution is -2.13. The van der Waals surface area contributed by atoms with E-state index in [-0.39, 0.29) is 13.0 Å². The summed E-state index contributed by atoms with van der Waals surface area (Å²) in [6.45, 7) is -0.141. The molecule has 1 aromatic carbocycles. The SMILES string of the molecule is N[C@H](CCO)c1cccc(C(F)(F)F)c1. The third-order valence-electron chi connectivity index (χ3n) is 2.08. The second kappa shape index (κ2) is 4.63. The highest BCUT2D eigenvalue weighted by atomic mass is 19.4. The second-order valence-corrected chi connectivity index (χ2v) is 3.24. The van der Waals surface area contributed by atoms with Gasteiger partial charge in [0.05, 0.1) is 5.56 Å². The molecule has 5 heteroatoms. The molecule has 0 saturated carbocycles. The molecular formula is C10H12F3NO. The predicted molar refractivity (Wildman–Crippen MR) is 50.1 cm³/mol. The van der Waals surface area contributed by atoms with Gasteiger partial charge in [-0.05, 0) is 24.1 Å². The molecule has 0 radical (unpaired) electrons. The van der Waals surface area contributed by atoms with E-state index < -0.39 is 17.8 Å². The Labute approximate surface area is 85.5 Å². The molecule has 0 aliphatic carbocycles. The van der Waals surface area contributed by atoms with Gasteiger partial charge in [-0.2, -0.15) is 13.2 Å². The lowest BCUT2D eigenvalue weighted by atomic mass is 10.0. The van der Waals surface area contributed by atoms with Crippen molar-refractivity contribution in [3.05, 3.63) is 35.4 Å². The molecule has 0 aromatic heterocycles. The lowest BCUT2D eigenvalue weighted by Gasteiger charge is -2.13. The molecule has 2 nitrogen and oxygen atoms in total. The Morgan fingerprint density at radius 1 is 1.33 bits per heavy atom. The second-order valence-electron chi connectivity index (χ2n) is 3.24. The van der Waals surface area contributed by atoms with E-state index in [4.69, 9.17) is 10.8 Å². The molecule has 0 fully saturated rings. The fourth-order valence-corrected chi connectivity index (χ4v) is 1.25. The number of rotatable bonds is 3. The largest absolute Gasteiger partial charge is 0.416 e. The molecule has 0 aliphatic rings. The molecule has 0 aliphatic heterocycles. The van der Waals surface area contributed by atoms with Gasteiger partial charge in [0.15, 0.2) is 0 Å². The first-order valence-electron chi connectivity index (χ1n) is 4.48. The highest BCUT2D eigenvalue weighted by Crippen LogP contribution is 2.30. The van der Waals surface area contributed by atoms with Crippen molar-refractivity contribution in [2.24, 2.45) is 5.73 Å². The van der Waals surface area contributed by atoms with Crippen LogP contribution < -0.4 is 5.73 Å². The maximum Gasteiger partial charge on any atom is 0.416 e. The minimum absolute atomic E-state index is 0.141. The van der Waals surface area contributed by atoms with Crippen LogP contribution in [0.15, 0.2) is 24.3 Å². The summed E-state index contributed by atoms with van der Waals surface area (Å²) >= 11 is 0. The summed E-state index contributed by atoms with van der Waals surface area (Å²) in [4.78, 5) is 0. The quantitative estimate of drug-likeness (QED) is 0.817. The zero-order chi connectivity index (χ0) is 11.5. The summed E-state index contributed by atoms with van der Waals surface area (Å²) < 4.78 is 37.0. The van der Waals surface area contributed by atoms with Gasteiger partial charge in [0.25, 0.3) is 0 Å². The molecule has 15 heavy (non-hydrogen) atoms. The number of nitrogens with two attached hydrogens (primary N) is 1. The van der Waals surface area contributed by atoms with E-state index in [0.717, 1.165) is 12.1 Å². The van der Waals surface area contributed by atoms with Crippen molar-refractivity contribution in [3.63, 3.8) is 0 Å². The number of aliphatic hydroxyl groups excluding tert-OH is 1. The predicted octanol–water partition coefficient (Wildman–Crippen LogP) is 2.09. The van der Waals surface area contributed by atoms with Crippen LogP contribution in [0.4, 0.5) is 13.2 Å². The number of benzene rings is 1. The van der Waals surface area contributed by atoms with E-state index in [1.54, 1.807) is 0 Å². The molecule has 1 atom stereocenters. The molecule has 3 N–H and O–H groups in total. The van der Waals surface area contributed by atoms with Crippen LogP contribution in [0, 0.1) is 0 Å². The Balaban J connectivity index is 2.92. The average molecular weight is 219 g/mol. The third-order valence-corrected chi connectivity index (χ3v) is 2.08. The van der Waals surface area contributed by atoms with E-state index in [1.165, 1.54) is 12.1 Å². The standard InChI is InChI=1S/C10H12F3NO/c11-10(12,13)8-3-1-2-7(6-8)9(14)4-5-15/h1-3,6,9,15H,4-5,14H2/t9-/m1/s1. The Morgan fingerprint density at radius 2 is 2.00 bits per heavy atom. The zero-order valence-electron chi connectivity index (χ0n) is 7.96. The van der Waals surface area contributed by atoms with Crippen LogP contribution in [0.25, 0.3) is 0 Å². The van der Waals surface area contributed by atoms with Crippen molar-refractivity contribution in [1.29, 1.82) is 0 Å². The van der Waals surface area contributed by atoms with Gasteiger partial charge in [-0.3, -0.25) is 0 Å². The average Bonchev–Trinajstić information content (AvgIpc) is 2.17. The van der Waals surface area contributed by atoms with Crippen molar-refractivity contribution in [2.75, 3.05) is 6.61 Å². The number of halogens is 3. The molecule has 1 aromatic rings. The summed E-state index contributed by atoms with van der Waals surface area (Å²) in [7, 11) is 0. The van der Waals surface area contributed by atoms with E-state index in [9.17, 15) is 13.2 Å². The van der Waals surface area contributed by atoms with Crippen molar-refractivity contribution < 1.29 is 18.3 Å². The normalized spacial score (nSPS) is 13.9. The highest BCUT2D eigenvalue weighted by Gasteiger charge is 2.30. The zero-order valence-corrected chi connectivity index (χ0v) is 7.96. The first-order chi connectivity index (χ1) is 6.95. The van der Waals surface area contributed by atoms with Gasteiger partial charge in [0.1, 0.15) is 0 Å². The molecule has 0 amide bonds. The van der Waals surface area contributed by atoms with E-state index in [0.29, 0.717) is 5.56 Å². The van der Waals surface area contributed by atoms with E-state index >= 15 is 0 Å². The van der Waals surface area contributed by atoms with E-state index in [2.05, 4.69) is 0 Å². The highest BCUT2D eigenvalue weighted by molar-refractivity contribution is 5.27. The fourth-order valence-electron chi connectivity index (χ4n) is 1.25. The van der Waals surface area contributed by atoms with Gasteiger partial charge >= 0.3 is 6.18 Å². The number of hydrogen-bond acceptors (Lipinski definition) is 2. The van der Waals surface area contributed by atoms with Gasteiger partial charge in [-0.15, -0.1) is 0 Å². The minimum atomic E-state index is -4.35. The fraction of sp³-hybridized carbons (Fsp3) is 0.400. The monoisotopic (exact) mass is 219 g/mol. The Morgan fingerprint density at radius 3 is 2.53 bits per heavy atom.